The van der Waals surface area contributed by atoms with Crippen molar-refractivity contribution in [3.8, 4) is 0 Å². The second-order valence-corrected chi connectivity index (χ2v) is 3.66. The first kappa shape index (κ1) is 12.2. The molecule has 0 saturated carbocycles. The van der Waals surface area contributed by atoms with Gasteiger partial charge in [-0.25, -0.2) is 4.79 Å². The molecule has 0 aliphatic carbocycles. The van der Waals surface area contributed by atoms with E-state index in [1.807, 2.05) is 0 Å². The summed E-state index contributed by atoms with van der Waals surface area (Å²) in [6.45, 7) is 4.60. The molecule has 0 amide bonds. The molecule has 0 aliphatic rings. The summed E-state index contributed by atoms with van der Waals surface area (Å²) in [5.41, 5.74) is -0.397. The second kappa shape index (κ2) is 4.30. The minimum atomic E-state index is -1.28. The molecule has 1 unspecified atom stereocenters. The standard InChI is InChI=1S/C11H13NO4/c1-6-4-5-9(11(15)16)10(14)12(6)7(2)8(3)13/h4-5,7H,1-3H3,(H,15,16). The van der Waals surface area contributed by atoms with E-state index in [9.17, 15) is 14.4 Å². The number of aryl methyl sites for hydroxylation is 1. The lowest BCUT2D eigenvalue weighted by Crippen LogP contribution is -2.32. The van der Waals surface area contributed by atoms with Crippen LogP contribution in [0.15, 0.2) is 16.9 Å². The van der Waals surface area contributed by atoms with Crippen LogP contribution in [-0.4, -0.2) is 21.4 Å². The molecule has 0 fully saturated rings. The van der Waals surface area contributed by atoms with Crippen molar-refractivity contribution in [3.05, 3.63) is 33.7 Å². The van der Waals surface area contributed by atoms with E-state index in [0.717, 1.165) is 0 Å². The van der Waals surface area contributed by atoms with Gasteiger partial charge in [-0.3, -0.25) is 9.59 Å². The van der Waals surface area contributed by atoms with Gasteiger partial charge >= 0.3 is 5.97 Å². The molecule has 0 radical (unpaired) electrons. The minimum Gasteiger partial charge on any atom is -0.477 e. The Hall–Kier alpha value is -1.91. The highest BCUT2D eigenvalue weighted by atomic mass is 16.4. The Morgan fingerprint density at radius 3 is 2.38 bits per heavy atom. The molecule has 1 N–H and O–H groups in total. The van der Waals surface area contributed by atoms with E-state index in [-0.39, 0.29) is 11.3 Å². The predicted octanol–water partition coefficient (Wildman–Crippen LogP) is 1.00. The molecule has 0 bridgehead atoms. The lowest BCUT2D eigenvalue weighted by Gasteiger charge is -2.15. The van der Waals surface area contributed by atoms with Crippen molar-refractivity contribution in [2.75, 3.05) is 0 Å². The molecule has 0 spiro atoms. The zero-order chi connectivity index (χ0) is 12.5. The summed E-state index contributed by atoms with van der Waals surface area (Å²) in [5.74, 6) is -1.47. The van der Waals surface area contributed by atoms with Gasteiger partial charge in [0.25, 0.3) is 5.56 Å². The Morgan fingerprint density at radius 1 is 1.38 bits per heavy atom. The minimum absolute atomic E-state index is 0.187. The van der Waals surface area contributed by atoms with Gasteiger partial charge in [0.2, 0.25) is 0 Å². The first-order valence-electron chi connectivity index (χ1n) is 4.82. The second-order valence-electron chi connectivity index (χ2n) is 3.66. The summed E-state index contributed by atoms with van der Waals surface area (Å²) in [4.78, 5) is 33.8. The van der Waals surface area contributed by atoms with Crippen molar-refractivity contribution in [2.24, 2.45) is 0 Å². The Labute approximate surface area is 92.3 Å². The number of carbonyl (C=O) groups is 2. The van der Waals surface area contributed by atoms with E-state index in [1.54, 1.807) is 13.8 Å². The van der Waals surface area contributed by atoms with Crippen molar-refractivity contribution in [1.82, 2.24) is 4.57 Å². The molecule has 16 heavy (non-hydrogen) atoms. The Bertz CT molecular complexity index is 501. The molecule has 0 aliphatic heterocycles. The molecule has 0 saturated heterocycles. The Balaban J connectivity index is 3.50. The van der Waals surface area contributed by atoms with Crippen molar-refractivity contribution in [1.29, 1.82) is 0 Å². The third-order valence-corrected chi connectivity index (χ3v) is 2.53. The van der Waals surface area contributed by atoms with E-state index in [2.05, 4.69) is 0 Å². The Morgan fingerprint density at radius 2 is 1.94 bits per heavy atom. The number of Topliss-reactive ketones (excluding diaryl/α,β-unsaturated/α-hetero) is 1. The number of aromatic carboxylic acids is 1. The lowest BCUT2D eigenvalue weighted by molar-refractivity contribution is -0.119. The number of hydrogen-bond donors (Lipinski definition) is 1. The van der Waals surface area contributed by atoms with Gasteiger partial charge in [-0.1, -0.05) is 0 Å². The van der Waals surface area contributed by atoms with Crippen molar-refractivity contribution >= 4 is 11.8 Å². The van der Waals surface area contributed by atoms with Crippen LogP contribution in [0.25, 0.3) is 0 Å². The van der Waals surface area contributed by atoms with E-state index in [0.29, 0.717) is 5.69 Å². The van der Waals surface area contributed by atoms with Gasteiger partial charge in [0, 0.05) is 5.69 Å². The maximum Gasteiger partial charge on any atom is 0.341 e. The summed E-state index contributed by atoms with van der Waals surface area (Å²) in [6, 6.07) is 2.12. The number of carboxylic acids is 1. The van der Waals surface area contributed by atoms with Crippen molar-refractivity contribution in [3.63, 3.8) is 0 Å². The number of rotatable bonds is 3. The van der Waals surface area contributed by atoms with Gasteiger partial charge in [0.1, 0.15) is 5.56 Å². The van der Waals surface area contributed by atoms with Gasteiger partial charge in [-0.15, -0.1) is 0 Å². The zero-order valence-corrected chi connectivity index (χ0v) is 9.35. The number of pyridine rings is 1. The summed E-state index contributed by atoms with van der Waals surface area (Å²) in [7, 11) is 0. The quantitative estimate of drug-likeness (QED) is 0.829. The van der Waals surface area contributed by atoms with E-state index < -0.39 is 17.6 Å². The van der Waals surface area contributed by atoms with E-state index >= 15 is 0 Å². The number of carbonyl (C=O) groups excluding carboxylic acids is 1. The van der Waals surface area contributed by atoms with Crippen LogP contribution in [0.4, 0.5) is 0 Å². The number of nitrogens with zero attached hydrogens (tertiary/aromatic N) is 1. The molecule has 1 aromatic rings. The molecular weight excluding hydrogens is 210 g/mol. The van der Waals surface area contributed by atoms with Gasteiger partial charge in [0.15, 0.2) is 5.78 Å². The SMILES string of the molecule is CC(=O)C(C)n1c(C)ccc(C(=O)O)c1=O. The fourth-order valence-electron chi connectivity index (χ4n) is 1.47. The third kappa shape index (κ3) is 2.03. The van der Waals surface area contributed by atoms with Crippen LogP contribution in [0.5, 0.6) is 0 Å². The normalized spacial score (nSPS) is 12.2. The number of aromatic nitrogens is 1. The summed E-state index contributed by atoms with van der Waals surface area (Å²) in [6.07, 6.45) is 0. The maximum atomic E-state index is 11.8. The highest BCUT2D eigenvalue weighted by molar-refractivity contribution is 5.87. The van der Waals surface area contributed by atoms with Crippen LogP contribution in [-0.2, 0) is 4.79 Å². The topological polar surface area (TPSA) is 76.4 Å². The number of ketones is 1. The van der Waals surface area contributed by atoms with E-state index in [4.69, 9.17) is 5.11 Å². The largest absolute Gasteiger partial charge is 0.477 e. The van der Waals surface area contributed by atoms with Crippen LogP contribution in [0.3, 0.4) is 0 Å². The average Bonchev–Trinajstić information content (AvgIpc) is 2.16. The summed E-state index contributed by atoms with van der Waals surface area (Å²) in [5, 5.41) is 8.80. The molecule has 0 aromatic carbocycles. The van der Waals surface area contributed by atoms with Gasteiger partial charge in [-0.2, -0.15) is 0 Å². The highest BCUT2D eigenvalue weighted by Gasteiger charge is 2.18. The first-order chi connectivity index (χ1) is 7.36. The fourth-order valence-corrected chi connectivity index (χ4v) is 1.47. The first-order valence-corrected chi connectivity index (χ1v) is 4.82. The van der Waals surface area contributed by atoms with Crippen LogP contribution < -0.4 is 5.56 Å². The molecule has 1 rings (SSSR count). The number of carboxylic acid groups (broad SMARTS) is 1. The monoisotopic (exact) mass is 223 g/mol. The van der Waals surface area contributed by atoms with Crippen LogP contribution >= 0.6 is 0 Å². The van der Waals surface area contributed by atoms with Gasteiger partial charge < -0.3 is 9.67 Å². The highest BCUT2D eigenvalue weighted by Crippen LogP contribution is 2.08. The Kier molecular flexibility index (Phi) is 3.27. The van der Waals surface area contributed by atoms with Gasteiger partial charge in [0.05, 0.1) is 6.04 Å². The van der Waals surface area contributed by atoms with Crippen LogP contribution in [0.2, 0.25) is 0 Å². The number of hydrogen-bond acceptors (Lipinski definition) is 3. The molecule has 1 heterocycles. The van der Waals surface area contributed by atoms with Crippen molar-refractivity contribution < 1.29 is 14.7 Å². The third-order valence-electron chi connectivity index (χ3n) is 2.53. The molecule has 86 valence electrons. The van der Waals surface area contributed by atoms with E-state index in [1.165, 1.54) is 23.6 Å². The summed E-state index contributed by atoms with van der Waals surface area (Å²) >= 11 is 0. The molecule has 1 atom stereocenters. The van der Waals surface area contributed by atoms with Gasteiger partial charge in [-0.05, 0) is 32.9 Å². The zero-order valence-electron chi connectivity index (χ0n) is 9.35. The fraction of sp³-hybridized carbons (Fsp3) is 0.364. The molecule has 5 nitrogen and oxygen atoms in total. The molecule has 5 heteroatoms. The lowest BCUT2D eigenvalue weighted by atomic mass is 10.1. The summed E-state index contributed by atoms with van der Waals surface area (Å²) < 4.78 is 1.20. The molecular formula is C11H13NO4. The smallest absolute Gasteiger partial charge is 0.341 e. The maximum absolute atomic E-state index is 11.8. The molecule has 1 aromatic heterocycles. The van der Waals surface area contributed by atoms with Crippen LogP contribution in [0.1, 0.15) is 35.9 Å². The van der Waals surface area contributed by atoms with Crippen molar-refractivity contribution in [2.45, 2.75) is 26.8 Å². The predicted molar refractivity (Wildman–Crippen MR) is 57.8 cm³/mol. The van der Waals surface area contributed by atoms with Crippen LogP contribution in [0, 0.1) is 6.92 Å². The average molecular weight is 223 g/mol.